The van der Waals surface area contributed by atoms with Gasteiger partial charge in [0.25, 0.3) is 0 Å². The van der Waals surface area contributed by atoms with E-state index < -0.39 is 5.97 Å². The molecule has 4 heteroatoms. The van der Waals surface area contributed by atoms with E-state index in [1.165, 1.54) is 11.1 Å². The molecule has 0 bridgehead atoms. The van der Waals surface area contributed by atoms with Crippen molar-refractivity contribution in [2.24, 2.45) is 0 Å². The number of carboxylic acids is 1. The average molecular weight is 291 g/mol. The van der Waals surface area contributed by atoms with Gasteiger partial charge < -0.3 is 9.84 Å². The molecule has 1 aromatic carbocycles. The van der Waals surface area contributed by atoms with Crippen LogP contribution in [0.3, 0.4) is 0 Å². The molecule has 4 nitrogen and oxygen atoms in total. The number of aliphatic carboxylic acids is 1. The van der Waals surface area contributed by atoms with E-state index in [9.17, 15) is 4.79 Å². The summed E-state index contributed by atoms with van der Waals surface area (Å²) in [6.45, 7) is 10.8. The lowest BCUT2D eigenvalue weighted by atomic mass is 9.86. The molecule has 0 amide bonds. The number of carboxylic acid groups (broad SMARTS) is 1. The van der Waals surface area contributed by atoms with Gasteiger partial charge in [-0.2, -0.15) is 0 Å². The Morgan fingerprint density at radius 1 is 1.29 bits per heavy atom. The SMILES string of the molecule is CC1(OCC(=O)O)CN(Cc2ccc(C(C)(C)C)cc2)C1. The first-order chi connectivity index (χ1) is 9.68. The van der Waals surface area contributed by atoms with Crippen LogP contribution in [0.4, 0.5) is 0 Å². The third-order valence-corrected chi connectivity index (χ3v) is 3.89. The molecule has 1 aliphatic rings. The van der Waals surface area contributed by atoms with E-state index in [4.69, 9.17) is 9.84 Å². The lowest BCUT2D eigenvalue weighted by Crippen LogP contribution is -2.61. The van der Waals surface area contributed by atoms with E-state index in [-0.39, 0.29) is 17.6 Å². The van der Waals surface area contributed by atoms with E-state index >= 15 is 0 Å². The summed E-state index contributed by atoms with van der Waals surface area (Å²) >= 11 is 0. The van der Waals surface area contributed by atoms with Gasteiger partial charge in [0.2, 0.25) is 0 Å². The minimum atomic E-state index is -0.910. The Bertz CT molecular complexity index is 496. The molecule has 0 radical (unpaired) electrons. The Balaban J connectivity index is 1.84. The first-order valence-electron chi connectivity index (χ1n) is 7.35. The maximum atomic E-state index is 10.5. The number of likely N-dealkylation sites (tertiary alicyclic amines) is 1. The zero-order chi connectivity index (χ0) is 15.7. The summed E-state index contributed by atoms with van der Waals surface area (Å²) in [6.07, 6.45) is 0. The minimum absolute atomic E-state index is 0.179. The van der Waals surface area contributed by atoms with E-state index in [0.717, 1.165) is 19.6 Å². The maximum absolute atomic E-state index is 10.5. The van der Waals surface area contributed by atoms with Crippen LogP contribution in [-0.4, -0.2) is 41.3 Å². The molecule has 0 unspecified atom stereocenters. The second kappa shape index (κ2) is 5.78. The van der Waals surface area contributed by atoms with E-state index in [2.05, 4.69) is 49.9 Å². The minimum Gasteiger partial charge on any atom is -0.480 e. The summed E-state index contributed by atoms with van der Waals surface area (Å²) in [5.41, 5.74) is 2.48. The van der Waals surface area contributed by atoms with Gasteiger partial charge in [0.15, 0.2) is 0 Å². The van der Waals surface area contributed by atoms with Gasteiger partial charge in [-0.15, -0.1) is 0 Å². The van der Waals surface area contributed by atoms with Gasteiger partial charge >= 0.3 is 5.97 Å². The number of carbonyl (C=O) groups is 1. The van der Waals surface area contributed by atoms with Crippen LogP contribution in [0.2, 0.25) is 0 Å². The van der Waals surface area contributed by atoms with Gasteiger partial charge in [-0.3, -0.25) is 4.90 Å². The van der Waals surface area contributed by atoms with Crippen LogP contribution in [0.25, 0.3) is 0 Å². The number of hydrogen-bond donors (Lipinski definition) is 1. The summed E-state index contributed by atoms with van der Waals surface area (Å²) in [5.74, 6) is -0.910. The number of benzene rings is 1. The molecule has 0 aromatic heterocycles. The van der Waals surface area contributed by atoms with Crippen molar-refractivity contribution in [3.8, 4) is 0 Å². The Labute approximate surface area is 126 Å². The Hall–Kier alpha value is -1.39. The van der Waals surface area contributed by atoms with Crippen molar-refractivity contribution >= 4 is 5.97 Å². The number of rotatable bonds is 5. The van der Waals surface area contributed by atoms with Gasteiger partial charge in [0.05, 0.1) is 5.60 Å². The Kier molecular flexibility index (Phi) is 4.40. The topological polar surface area (TPSA) is 49.8 Å². The monoisotopic (exact) mass is 291 g/mol. The second-order valence-corrected chi connectivity index (χ2v) is 7.22. The summed E-state index contributed by atoms with van der Waals surface area (Å²) in [4.78, 5) is 12.8. The molecular weight excluding hydrogens is 266 g/mol. The fourth-order valence-corrected chi connectivity index (χ4v) is 2.71. The first-order valence-corrected chi connectivity index (χ1v) is 7.35. The van der Waals surface area contributed by atoms with Crippen molar-refractivity contribution in [1.82, 2.24) is 4.90 Å². The molecule has 1 saturated heterocycles. The van der Waals surface area contributed by atoms with Crippen molar-refractivity contribution in [2.45, 2.75) is 45.3 Å². The predicted molar refractivity (Wildman–Crippen MR) is 82.4 cm³/mol. The molecule has 0 spiro atoms. The molecule has 2 rings (SSSR count). The predicted octanol–water partition coefficient (Wildman–Crippen LogP) is 2.66. The maximum Gasteiger partial charge on any atom is 0.329 e. The van der Waals surface area contributed by atoms with E-state index in [1.807, 2.05) is 6.92 Å². The zero-order valence-corrected chi connectivity index (χ0v) is 13.3. The first kappa shape index (κ1) is 16.0. The van der Waals surface area contributed by atoms with Crippen LogP contribution in [0, 0.1) is 0 Å². The van der Waals surface area contributed by atoms with Crippen LogP contribution >= 0.6 is 0 Å². The average Bonchev–Trinajstić information content (AvgIpc) is 2.34. The quantitative estimate of drug-likeness (QED) is 0.906. The third-order valence-electron chi connectivity index (χ3n) is 3.89. The van der Waals surface area contributed by atoms with E-state index in [1.54, 1.807) is 0 Å². The van der Waals surface area contributed by atoms with Gasteiger partial charge in [-0.25, -0.2) is 4.79 Å². The highest BCUT2D eigenvalue weighted by molar-refractivity contribution is 5.68. The van der Waals surface area contributed by atoms with Crippen molar-refractivity contribution in [2.75, 3.05) is 19.7 Å². The Morgan fingerprint density at radius 3 is 2.33 bits per heavy atom. The van der Waals surface area contributed by atoms with Crippen molar-refractivity contribution in [3.05, 3.63) is 35.4 Å². The lowest BCUT2D eigenvalue weighted by molar-refractivity contribution is -0.165. The number of hydrogen-bond acceptors (Lipinski definition) is 3. The van der Waals surface area contributed by atoms with E-state index in [0.29, 0.717) is 0 Å². The van der Waals surface area contributed by atoms with Crippen molar-refractivity contribution < 1.29 is 14.6 Å². The van der Waals surface area contributed by atoms with Gasteiger partial charge in [-0.1, -0.05) is 45.0 Å². The highest BCUT2D eigenvalue weighted by atomic mass is 16.5. The third kappa shape index (κ3) is 4.29. The molecule has 21 heavy (non-hydrogen) atoms. The molecule has 0 aliphatic carbocycles. The Morgan fingerprint density at radius 2 is 1.86 bits per heavy atom. The highest BCUT2D eigenvalue weighted by Crippen LogP contribution is 2.27. The molecule has 1 N–H and O–H groups in total. The fraction of sp³-hybridized carbons (Fsp3) is 0.588. The summed E-state index contributed by atoms with van der Waals surface area (Å²) < 4.78 is 5.42. The van der Waals surface area contributed by atoms with Crippen LogP contribution in [-0.2, 0) is 21.5 Å². The van der Waals surface area contributed by atoms with Crippen molar-refractivity contribution in [3.63, 3.8) is 0 Å². The zero-order valence-electron chi connectivity index (χ0n) is 13.3. The smallest absolute Gasteiger partial charge is 0.329 e. The summed E-state index contributed by atoms with van der Waals surface area (Å²) in [7, 11) is 0. The standard InChI is InChI=1S/C17H25NO3/c1-16(2,3)14-7-5-13(6-8-14)9-18-11-17(4,12-18)21-10-15(19)20/h5-8H,9-12H2,1-4H3,(H,19,20). The molecule has 1 aliphatic heterocycles. The second-order valence-electron chi connectivity index (χ2n) is 7.22. The van der Waals surface area contributed by atoms with Crippen LogP contribution in [0.1, 0.15) is 38.8 Å². The molecule has 1 fully saturated rings. The highest BCUT2D eigenvalue weighted by Gasteiger charge is 2.39. The lowest BCUT2D eigenvalue weighted by Gasteiger charge is -2.47. The fourth-order valence-electron chi connectivity index (χ4n) is 2.71. The van der Waals surface area contributed by atoms with Crippen LogP contribution in [0.15, 0.2) is 24.3 Å². The van der Waals surface area contributed by atoms with Gasteiger partial charge in [0, 0.05) is 19.6 Å². The number of nitrogens with zero attached hydrogens (tertiary/aromatic N) is 1. The van der Waals surface area contributed by atoms with Gasteiger partial charge in [-0.05, 0) is 23.5 Å². The molecule has 116 valence electrons. The molecular formula is C17H25NO3. The normalized spacial score (nSPS) is 18.3. The van der Waals surface area contributed by atoms with Crippen LogP contribution < -0.4 is 0 Å². The summed E-state index contributed by atoms with van der Waals surface area (Å²) in [6, 6.07) is 8.73. The largest absolute Gasteiger partial charge is 0.480 e. The number of ether oxygens (including phenoxy) is 1. The van der Waals surface area contributed by atoms with Crippen molar-refractivity contribution in [1.29, 1.82) is 0 Å². The molecule has 1 heterocycles. The van der Waals surface area contributed by atoms with Crippen LogP contribution in [0.5, 0.6) is 0 Å². The molecule has 1 aromatic rings. The molecule has 0 saturated carbocycles. The van der Waals surface area contributed by atoms with Gasteiger partial charge in [0.1, 0.15) is 6.61 Å². The molecule has 0 atom stereocenters. The summed E-state index contributed by atoms with van der Waals surface area (Å²) in [5, 5.41) is 8.65.